The Labute approximate surface area is 251 Å². The van der Waals surface area contributed by atoms with Crippen LogP contribution in [0.25, 0.3) is 0 Å². The molecule has 7 heteroatoms. The van der Waals surface area contributed by atoms with Crippen LogP contribution in [0.4, 0.5) is 5.69 Å². The molecular formula is C35H50N4O3. The van der Waals surface area contributed by atoms with Crippen LogP contribution in [0.2, 0.25) is 0 Å². The van der Waals surface area contributed by atoms with E-state index in [0.29, 0.717) is 30.5 Å². The number of hydrogen-bond acceptors (Lipinski definition) is 5. The molecule has 0 spiro atoms. The first-order chi connectivity index (χ1) is 20.1. The van der Waals surface area contributed by atoms with E-state index >= 15 is 0 Å². The number of fused-ring (bicyclic) bond motifs is 1. The summed E-state index contributed by atoms with van der Waals surface area (Å²) < 4.78 is 0. The summed E-state index contributed by atoms with van der Waals surface area (Å²) in [7, 11) is 0. The summed E-state index contributed by atoms with van der Waals surface area (Å²) in [6.07, 6.45) is 7.07. The van der Waals surface area contributed by atoms with E-state index in [1.807, 2.05) is 68.1 Å². The van der Waals surface area contributed by atoms with Gasteiger partial charge in [-0.25, -0.2) is 0 Å². The molecule has 5 rings (SSSR count). The lowest BCUT2D eigenvalue weighted by atomic mass is 9.72. The molecule has 3 unspecified atom stereocenters. The van der Waals surface area contributed by atoms with Gasteiger partial charge >= 0.3 is 0 Å². The van der Waals surface area contributed by atoms with Crippen LogP contribution in [-0.4, -0.2) is 70.1 Å². The quantitative estimate of drug-likeness (QED) is 0.385. The highest BCUT2D eigenvalue weighted by Crippen LogP contribution is 2.39. The number of hydrogen-bond donors (Lipinski definition) is 3. The summed E-state index contributed by atoms with van der Waals surface area (Å²) in [6, 6.07) is 17.8. The van der Waals surface area contributed by atoms with Crippen molar-refractivity contribution in [2.45, 2.75) is 95.9 Å². The Hall–Kier alpha value is -2.90. The van der Waals surface area contributed by atoms with Crippen molar-refractivity contribution in [1.82, 2.24) is 15.1 Å². The highest BCUT2D eigenvalue weighted by Gasteiger charge is 2.43. The highest BCUT2D eigenvalue weighted by atomic mass is 16.3. The number of nitrogens with zero attached hydrogens (tertiary/aromatic N) is 2. The third kappa shape index (κ3) is 7.54. The first-order valence-corrected chi connectivity index (χ1v) is 16.0. The zero-order chi connectivity index (χ0) is 29.9. The second-order valence-electron chi connectivity index (χ2n) is 14.1. The normalized spacial score (nSPS) is 27.5. The fourth-order valence-corrected chi connectivity index (χ4v) is 7.63. The maximum Gasteiger partial charge on any atom is 0.237 e. The van der Waals surface area contributed by atoms with E-state index < -0.39 is 6.10 Å². The van der Waals surface area contributed by atoms with Crippen LogP contribution < -0.4 is 11.1 Å². The third-order valence-electron chi connectivity index (χ3n) is 9.62. The van der Waals surface area contributed by atoms with Gasteiger partial charge in [-0.3, -0.25) is 14.5 Å². The molecule has 42 heavy (non-hydrogen) atoms. The van der Waals surface area contributed by atoms with E-state index in [9.17, 15) is 14.7 Å². The van der Waals surface area contributed by atoms with Gasteiger partial charge in [-0.2, -0.15) is 0 Å². The number of anilines is 1. The minimum absolute atomic E-state index is 0.00792. The maximum atomic E-state index is 13.9. The number of piperidine rings is 1. The highest BCUT2D eigenvalue weighted by molar-refractivity contribution is 5.83. The predicted molar refractivity (Wildman–Crippen MR) is 168 cm³/mol. The number of carbonyl (C=O) groups is 2. The smallest absolute Gasteiger partial charge is 0.237 e. The second-order valence-corrected chi connectivity index (χ2v) is 14.1. The SMILES string of the molecule is CC(C)(C)NC(=O)C1C[C@@H]2CCCC[C@@H]2CN1CC(O)CN1C(=O)C(Cc2ccccc2N)C[C@@H]1Cc1ccccc1. The second kappa shape index (κ2) is 13.2. The minimum Gasteiger partial charge on any atom is -0.399 e. The Morgan fingerprint density at radius 2 is 1.67 bits per heavy atom. The van der Waals surface area contributed by atoms with Crippen molar-refractivity contribution in [3.8, 4) is 0 Å². The number of nitrogens with one attached hydrogen (secondary N) is 1. The predicted octanol–water partition coefficient (Wildman–Crippen LogP) is 4.43. The van der Waals surface area contributed by atoms with Crippen LogP contribution in [0.1, 0.15) is 70.4 Å². The molecule has 1 aliphatic carbocycles. The van der Waals surface area contributed by atoms with Gasteiger partial charge in [0.1, 0.15) is 0 Å². The average Bonchev–Trinajstić information content (AvgIpc) is 3.22. The summed E-state index contributed by atoms with van der Waals surface area (Å²) in [5.74, 6) is 1.12. The summed E-state index contributed by atoms with van der Waals surface area (Å²) in [5, 5.41) is 14.7. The number of amides is 2. The molecule has 7 nitrogen and oxygen atoms in total. The van der Waals surface area contributed by atoms with Gasteiger partial charge in [0.05, 0.1) is 12.1 Å². The number of para-hydroxylation sites is 1. The molecule has 6 atom stereocenters. The molecule has 2 aromatic rings. The topological polar surface area (TPSA) is 98.9 Å². The van der Waals surface area contributed by atoms with E-state index in [4.69, 9.17) is 5.73 Å². The molecule has 2 amide bonds. The van der Waals surface area contributed by atoms with Crippen molar-refractivity contribution in [3.63, 3.8) is 0 Å². The number of aliphatic hydroxyl groups excluding tert-OH is 1. The van der Waals surface area contributed by atoms with Crippen LogP contribution in [0.3, 0.4) is 0 Å². The van der Waals surface area contributed by atoms with Crippen LogP contribution in [-0.2, 0) is 22.4 Å². The number of carbonyl (C=O) groups excluding carboxylic acids is 2. The van der Waals surface area contributed by atoms with Gasteiger partial charge in [-0.1, -0.05) is 67.8 Å². The molecule has 0 aromatic heterocycles. The molecule has 2 aromatic carbocycles. The lowest BCUT2D eigenvalue weighted by Crippen LogP contribution is -2.59. The summed E-state index contributed by atoms with van der Waals surface area (Å²) in [5.41, 5.74) is 8.83. The maximum absolute atomic E-state index is 13.9. The van der Waals surface area contributed by atoms with Gasteiger partial charge in [0.15, 0.2) is 0 Å². The lowest BCUT2D eigenvalue weighted by molar-refractivity contribution is -0.136. The number of rotatable bonds is 9. The molecule has 4 N–H and O–H groups in total. The van der Waals surface area contributed by atoms with Crippen LogP contribution >= 0.6 is 0 Å². The zero-order valence-electron chi connectivity index (χ0n) is 25.7. The molecule has 3 fully saturated rings. The number of likely N-dealkylation sites (tertiary alicyclic amines) is 2. The van der Waals surface area contributed by atoms with Crippen molar-refractivity contribution < 1.29 is 14.7 Å². The van der Waals surface area contributed by atoms with Crippen LogP contribution in [0.15, 0.2) is 54.6 Å². The van der Waals surface area contributed by atoms with E-state index in [1.54, 1.807) is 0 Å². The molecule has 0 bridgehead atoms. The molecule has 3 aliphatic rings. The molecule has 228 valence electrons. The molecule has 2 heterocycles. The van der Waals surface area contributed by atoms with E-state index in [2.05, 4.69) is 22.3 Å². The van der Waals surface area contributed by atoms with Gasteiger partial charge in [-0.05, 0) is 81.9 Å². The number of β-amino-alcohol motifs (C(OH)–C–C–N with tert-alkyl or cyclic N) is 1. The Kier molecular flexibility index (Phi) is 9.58. The average molecular weight is 575 g/mol. The van der Waals surface area contributed by atoms with E-state index in [-0.39, 0.29) is 41.9 Å². The monoisotopic (exact) mass is 574 g/mol. The zero-order valence-corrected chi connectivity index (χ0v) is 25.7. The lowest BCUT2D eigenvalue weighted by Gasteiger charge is -2.46. The van der Waals surface area contributed by atoms with E-state index in [0.717, 1.165) is 31.4 Å². The Bertz CT molecular complexity index is 1210. The minimum atomic E-state index is -0.738. The van der Waals surface area contributed by atoms with Crippen LogP contribution in [0, 0.1) is 17.8 Å². The van der Waals surface area contributed by atoms with E-state index in [1.165, 1.54) is 31.2 Å². The summed E-state index contributed by atoms with van der Waals surface area (Å²) in [4.78, 5) is 31.5. The largest absolute Gasteiger partial charge is 0.399 e. The van der Waals surface area contributed by atoms with Crippen molar-refractivity contribution in [1.29, 1.82) is 0 Å². The molecule has 1 saturated carbocycles. The number of benzene rings is 2. The summed E-state index contributed by atoms with van der Waals surface area (Å²) in [6.45, 7) is 7.55. The van der Waals surface area contributed by atoms with Crippen molar-refractivity contribution in [3.05, 3.63) is 65.7 Å². The van der Waals surface area contributed by atoms with Crippen molar-refractivity contribution in [2.75, 3.05) is 25.4 Å². The Balaban J connectivity index is 1.31. The molecule has 0 radical (unpaired) electrons. The first kappa shape index (κ1) is 30.6. The van der Waals surface area contributed by atoms with Crippen molar-refractivity contribution >= 4 is 17.5 Å². The Morgan fingerprint density at radius 1 is 0.976 bits per heavy atom. The molecule has 2 aliphatic heterocycles. The summed E-state index contributed by atoms with van der Waals surface area (Å²) >= 11 is 0. The third-order valence-corrected chi connectivity index (χ3v) is 9.62. The standard InChI is InChI=1S/C35H50N4O3/c1-35(2,3)37-33(41)32-20-25-13-7-8-15-27(25)21-38(32)22-30(40)23-39-29(17-24-11-5-4-6-12-24)19-28(34(39)42)18-26-14-9-10-16-31(26)36/h4-6,9-12,14,16,25,27-30,32,40H,7-8,13,15,17-23,36H2,1-3H3,(H,37,41)/t25-,27+,28?,29-,30?,32?/m0/s1. The van der Waals surface area contributed by atoms with Crippen LogP contribution in [0.5, 0.6) is 0 Å². The number of aliphatic hydroxyl groups is 1. The van der Waals surface area contributed by atoms with Gasteiger partial charge in [0.2, 0.25) is 11.8 Å². The Morgan fingerprint density at radius 3 is 2.38 bits per heavy atom. The number of nitrogens with two attached hydrogens (primary N) is 1. The van der Waals surface area contributed by atoms with Crippen molar-refractivity contribution in [2.24, 2.45) is 17.8 Å². The fourth-order valence-electron chi connectivity index (χ4n) is 7.63. The van der Waals surface area contributed by atoms with Gasteiger partial charge in [0.25, 0.3) is 0 Å². The number of nitrogen functional groups attached to an aromatic ring is 1. The first-order valence-electron chi connectivity index (χ1n) is 16.0. The van der Waals surface area contributed by atoms with Gasteiger partial charge in [0, 0.05) is 42.8 Å². The fraction of sp³-hybridized carbons (Fsp3) is 0.600. The molecular weight excluding hydrogens is 524 g/mol. The van der Waals surface area contributed by atoms with Gasteiger partial charge in [-0.15, -0.1) is 0 Å². The molecule has 2 saturated heterocycles. The van der Waals surface area contributed by atoms with Gasteiger partial charge < -0.3 is 21.1 Å².